The van der Waals surface area contributed by atoms with Gasteiger partial charge in [-0.3, -0.25) is 4.90 Å². The van der Waals surface area contributed by atoms with E-state index in [4.69, 9.17) is 0 Å². The van der Waals surface area contributed by atoms with Crippen LogP contribution < -0.4 is 15.5 Å². The standard InChI is InChI=1S/C12H20N6/c1-2-15-12(16-3-1)18-9-6-14-10-11(18)17-7-4-13-5-8-17/h1-3,11,13-14H,4-10H2. The van der Waals surface area contributed by atoms with Gasteiger partial charge in [0.05, 0.1) is 6.17 Å². The minimum Gasteiger partial charge on any atom is -0.322 e. The average molecular weight is 248 g/mol. The summed E-state index contributed by atoms with van der Waals surface area (Å²) in [7, 11) is 0. The highest BCUT2D eigenvalue weighted by Crippen LogP contribution is 2.15. The predicted octanol–water partition coefficient (Wildman–Crippen LogP) is -0.882. The van der Waals surface area contributed by atoms with Crippen molar-refractivity contribution >= 4 is 5.95 Å². The van der Waals surface area contributed by atoms with Crippen molar-refractivity contribution in [3.05, 3.63) is 18.5 Å². The highest BCUT2D eigenvalue weighted by molar-refractivity contribution is 5.31. The highest BCUT2D eigenvalue weighted by Gasteiger charge is 2.29. The Kier molecular flexibility index (Phi) is 3.68. The number of rotatable bonds is 2. The average Bonchev–Trinajstić information content (AvgIpc) is 2.49. The molecular weight excluding hydrogens is 228 g/mol. The van der Waals surface area contributed by atoms with E-state index in [9.17, 15) is 0 Å². The first kappa shape index (κ1) is 11.8. The lowest BCUT2D eigenvalue weighted by molar-refractivity contribution is 0.153. The number of aromatic nitrogens is 2. The Morgan fingerprint density at radius 2 is 1.72 bits per heavy atom. The molecule has 6 heteroatoms. The third-order valence-corrected chi connectivity index (χ3v) is 3.60. The number of nitrogens with one attached hydrogen (secondary N) is 2. The Morgan fingerprint density at radius 3 is 2.50 bits per heavy atom. The summed E-state index contributed by atoms with van der Waals surface area (Å²) in [5, 5.41) is 6.87. The molecule has 0 aromatic carbocycles. The first-order valence-corrected chi connectivity index (χ1v) is 6.64. The molecule has 0 aliphatic carbocycles. The third kappa shape index (κ3) is 2.45. The number of anilines is 1. The molecule has 2 aliphatic rings. The summed E-state index contributed by atoms with van der Waals surface area (Å²) >= 11 is 0. The second-order valence-corrected chi connectivity index (χ2v) is 4.71. The summed E-state index contributed by atoms with van der Waals surface area (Å²) in [6.45, 7) is 7.28. The van der Waals surface area contributed by atoms with Crippen LogP contribution in [0.4, 0.5) is 5.95 Å². The van der Waals surface area contributed by atoms with Gasteiger partial charge in [-0.15, -0.1) is 0 Å². The Balaban J connectivity index is 1.77. The fourth-order valence-electron chi connectivity index (χ4n) is 2.67. The van der Waals surface area contributed by atoms with Crippen molar-refractivity contribution in [3.63, 3.8) is 0 Å². The van der Waals surface area contributed by atoms with Crippen molar-refractivity contribution in [2.75, 3.05) is 50.7 Å². The van der Waals surface area contributed by atoms with Gasteiger partial charge in [0.2, 0.25) is 5.95 Å². The summed E-state index contributed by atoms with van der Waals surface area (Å²) in [4.78, 5) is 13.6. The van der Waals surface area contributed by atoms with Crippen LogP contribution >= 0.6 is 0 Å². The van der Waals surface area contributed by atoms with Crippen LogP contribution in [0, 0.1) is 0 Å². The van der Waals surface area contributed by atoms with E-state index in [1.54, 1.807) is 0 Å². The number of nitrogens with zero attached hydrogens (tertiary/aromatic N) is 4. The predicted molar refractivity (Wildman–Crippen MR) is 70.5 cm³/mol. The molecule has 2 N–H and O–H groups in total. The van der Waals surface area contributed by atoms with Crippen LogP contribution in [0.25, 0.3) is 0 Å². The Hall–Kier alpha value is -1.24. The molecule has 2 saturated heterocycles. The van der Waals surface area contributed by atoms with Crippen LogP contribution in [-0.4, -0.2) is 66.8 Å². The van der Waals surface area contributed by atoms with Gasteiger partial charge in [0.25, 0.3) is 0 Å². The van der Waals surface area contributed by atoms with Gasteiger partial charge in [0.1, 0.15) is 0 Å². The second-order valence-electron chi connectivity index (χ2n) is 4.71. The summed E-state index contributed by atoms with van der Waals surface area (Å²) in [6.07, 6.45) is 4.02. The first-order chi connectivity index (χ1) is 8.95. The molecule has 3 rings (SSSR count). The molecule has 2 fully saturated rings. The lowest BCUT2D eigenvalue weighted by atomic mass is 10.2. The van der Waals surface area contributed by atoms with Gasteiger partial charge in [-0.25, -0.2) is 9.97 Å². The molecule has 0 amide bonds. The molecule has 1 unspecified atom stereocenters. The van der Waals surface area contributed by atoms with E-state index < -0.39 is 0 Å². The quantitative estimate of drug-likeness (QED) is 0.709. The fourth-order valence-corrected chi connectivity index (χ4v) is 2.67. The highest BCUT2D eigenvalue weighted by atomic mass is 15.4. The number of hydrogen-bond donors (Lipinski definition) is 2. The minimum atomic E-state index is 0.378. The topological polar surface area (TPSA) is 56.3 Å². The van der Waals surface area contributed by atoms with Crippen molar-refractivity contribution in [1.29, 1.82) is 0 Å². The number of piperazine rings is 2. The summed E-state index contributed by atoms with van der Waals surface area (Å²) in [5.74, 6) is 0.850. The lowest BCUT2D eigenvalue weighted by Gasteiger charge is -2.44. The van der Waals surface area contributed by atoms with E-state index in [0.717, 1.165) is 51.8 Å². The van der Waals surface area contributed by atoms with Crippen LogP contribution in [0.3, 0.4) is 0 Å². The summed E-state index contributed by atoms with van der Waals surface area (Å²) in [5.41, 5.74) is 0. The van der Waals surface area contributed by atoms with Gasteiger partial charge in [-0.2, -0.15) is 0 Å². The monoisotopic (exact) mass is 248 g/mol. The Bertz CT molecular complexity index is 364. The maximum absolute atomic E-state index is 4.39. The molecule has 98 valence electrons. The maximum atomic E-state index is 4.39. The molecule has 18 heavy (non-hydrogen) atoms. The summed E-state index contributed by atoms with van der Waals surface area (Å²) < 4.78 is 0. The molecule has 0 bridgehead atoms. The van der Waals surface area contributed by atoms with Gasteiger partial charge >= 0.3 is 0 Å². The van der Waals surface area contributed by atoms with Crippen molar-refractivity contribution < 1.29 is 0 Å². The fraction of sp³-hybridized carbons (Fsp3) is 0.667. The molecule has 0 radical (unpaired) electrons. The molecular formula is C12H20N6. The molecule has 6 nitrogen and oxygen atoms in total. The van der Waals surface area contributed by atoms with Gasteiger partial charge in [0.15, 0.2) is 0 Å². The van der Waals surface area contributed by atoms with E-state index in [1.165, 1.54) is 0 Å². The van der Waals surface area contributed by atoms with E-state index in [0.29, 0.717) is 6.17 Å². The molecule has 1 aromatic heterocycles. The van der Waals surface area contributed by atoms with E-state index in [-0.39, 0.29) is 0 Å². The van der Waals surface area contributed by atoms with Gasteiger partial charge in [-0.1, -0.05) is 0 Å². The second kappa shape index (κ2) is 5.60. The third-order valence-electron chi connectivity index (χ3n) is 3.60. The minimum absolute atomic E-state index is 0.378. The Morgan fingerprint density at radius 1 is 1.00 bits per heavy atom. The molecule has 2 aliphatic heterocycles. The van der Waals surface area contributed by atoms with E-state index in [2.05, 4.69) is 30.4 Å². The molecule has 0 spiro atoms. The smallest absolute Gasteiger partial charge is 0.226 e. The molecule has 1 atom stereocenters. The number of hydrogen-bond acceptors (Lipinski definition) is 6. The van der Waals surface area contributed by atoms with Crippen molar-refractivity contribution in [3.8, 4) is 0 Å². The van der Waals surface area contributed by atoms with E-state index in [1.807, 2.05) is 18.5 Å². The molecule has 1 aromatic rings. The SMILES string of the molecule is c1cnc(N2CCNCC2N2CCNCC2)nc1. The van der Waals surface area contributed by atoms with Gasteiger partial charge in [0, 0.05) is 58.2 Å². The zero-order chi connectivity index (χ0) is 12.2. The Labute approximate surface area is 107 Å². The van der Waals surface area contributed by atoms with Crippen molar-refractivity contribution in [1.82, 2.24) is 25.5 Å². The van der Waals surface area contributed by atoms with Crippen LogP contribution in [0.2, 0.25) is 0 Å². The van der Waals surface area contributed by atoms with E-state index >= 15 is 0 Å². The van der Waals surface area contributed by atoms with Crippen molar-refractivity contribution in [2.45, 2.75) is 6.17 Å². The molecule has 3 heterocycles. The van der Waals surface area contributed by atoms with Gasteiger partial charge < -0.3 is 15.5 Å². The molecule has 0 saturated carbocycles. The van der Waals surface area contributed by atoms with Crippen molar-refractivity contribution in [2.24, 2.45) is 0 Å². The lowest BCUT2D eigenvalue weighted by Crippen LogP contribution is -2.63. The normalized spacial score (nSPS) is 26.2. The maximum Gasteiger partial charge on any atom is 0.226 e. The zero-order valence-corrected chi connectivity index (χ0v) is 10.5. The van der Waals surface area contributed by atoms with Crippen LogP contribution in [0.1, 0.15) is 0 Å². The van der Waals surface area contributed by atoms with Crippen LogP contribution in [-0.2, 0) is 0 Å². The van der Waals surface area contributed by atoms with Crippen LogP contribution in [0.5, 0.6) is 0 Å². The van der Waals surface area contributed by atoms with Gasteiger partial charge in [-0.05, 0) is 6.07 Å². The summed E-state index contributed by atoms with van der Waals surface area (Å²) in [6, 6.07) is 1.87. The zero-order valence-electron chi connectivity index (χ0n) is 10.5. The van der Waals surface area contributed by atoms with Crippen LogP contribution in [0.15, 0.2) is 18.5 Å². The largest absolute Gasteiger partial charge is 0.322 e. The first-order valence-electron chi connectivity index (χ1n) is 6.64.